The maximum atomic E-state index is 12.6. The lowest BCUT2D eigenvalue weighted by molar-refractivity contribution is -0.122. The average molecular weight is 359 g/mol. The number of amides is 2. The molecule has 25 heavy (non-hydrogen) atoms. The number of hydrogen-bond donors (Lipinski definition) is 1. The predicted octanol–water partition coefficient (Wildman–Crippen LogP) is 3.73. The van der Waals surface area contributed by atoms with Gasteiger partial charge < -0.3 is 15.0 Å². The second-order valence-corrected chi connectivity index (χ2v) is 6.24. The van der Waals surface area contributed by atoms with Gasteiger partial charge in [-0.2, -0.15) is 0 Å². The van der Waals surface area contributed by atoms with Gasteiger partial charge in [0.25, 0.3) is 0 Å². The molecule has 0 radical (unpaired) electrons. The van der Waals surface area contributed by atoms with Crippen LogP contribution in [0.5, 0.6) is 5.75 Å². The minimum absolute atomic E-state index is 0.0689. The van der Waals surface area contributed by atoms with Crippen molar-refractivity contribution in [3.63, 3.8) is 0 Å². The first-order valence-electron chi connectivity index (χ1n) is 8.17. The zero-order chi connectivity index (χ0) is 17.8. The van der Waals surface area contributed by atoms with Crippen molar-refractivity contribution in [1.29, 1.82) is 0 Å². The van der Waals surface area contributed by atoms with Gasteiger partial charge in [0.15, 0.2) is 0 Å². The summed E-state index contributed by atoms with van der Waals surface area (Å²) in [6.07, 6.45) is 0.186. The number of nitrogens with one attached hydrogen (secondary N) is 1. The number of hydrogen-bond acceptors (Lipinski definition) is 3. The molecule has 2 amide bonds. The maximum absolute atomic E-state index is 12.6. The first-order chi connectivity index (χ1) is 12.1. The Balaban J connectivity index is 1.70. The molecule has 0 saturated carbocycles. The van der Waals surface area contributed by atoms with Gasteiger partial charge in [-0.15, -0.1) is 0 Å². The van der Waals surface area contributed by atoms with Crippen LogP contribution in [0, 0.1) is 5.92 Å². The Morgan fingerprint density at radius 2 is 1.96 bits per heavy atom. The van der Waals surface area contributed by atoms with E-state index in [0.717, 1.165) is 5.69 Å². The van der Waals surface area contributed by atoms with Crippen LogP contribution in [0.4, 0.5) is 11.4 Å². The normalized spacial score (nSPS) is 16.8. The first-order valence-corrected chi connectivity index (χ1v) is 8.55. The maximum Gasteiger partial charge on any atom is 0.229 e. The summed E-state index contributed by atoms with van der Waals surface area (Å²) in [6.45, 7) is 2.75. The van der Waals surface area contributed by atoms with E-state index in [9.17, 15) is 9.59 Å². The van der Waals surface area contributed by atoms with Crippen molar-refractivity contribution >= 4 is 34.8 Å². The Labute approximate surface area is 151 Å². The summed E-state index contributed by atoms with van der Waals surface area (Å²) in [7, 11) is 0. The molecule has 2 aromatic rings. The number of carbonyl (C=O) groups excluding carboxylic acids is 2. The van der Waals surface area contributed by atoms with E-state index in [0.29, 0.717) is 29.6 Å². The Kier molecular flexibility index (Phi) is 5.24. The number of halogens is 1. The van der Waals surface area contributed by atoms with Crippen LogP contribution in [-0.4, -0.2) is 25.0 Å². The highest BCUT2D eigenvalue weighted by molar-refractivity contribution is 6.30. The Morgan fingerprint density at radius 1 is 1.24 bits per heavy atom. The van der Waals surface area contributed by atoms with Gasteiger partial charge in [-0.1, -0.05) is 23.7 Å². The first kappa shape index (κ1) is 17.3. The van der Waals surface area contributed by atoms with Crippen molar-refractivity contribution in [2.75, 3.05) is 23.4 Å². The molecule has 1 fully saturated rings. The molecule has 1 aliphatic heterocycles. The largest absolute Gasteiger partial charge is 0.492 e. The van der Waals surface area contributed by atoms with E-state index in [4.69, 9.17) is 16.3 Å². The van der Waals surface area contributed by atoms with Crippen LogP contribution in [0.1, 0.15) is 13.3 Å². The number of benzene rings is 2. The Bertz CT molecular complexity index is 776. The molecule has 0 aliphatic carbocycles. The summed E-state index contributed by atoms with van der Waals surface area (Å²) in [5, 5.41) is 3.48. The summed E-state index contributed by atoms with van der Waals surface area (Å²) in [6, 6.07) is 14.3. The number of carbonyl (C=O) groups is 2. The molecular weight excluding hydrogens is 340 g/mol. The second-order valence-electron chi connectivity index (χ2n) is 5.80. The lowest BCUT2D eigenvalue weighted by atomic mass is 10.1. The van der Waals surface area contributed by atoms with Gasteiger partial charge in [-0.05, 0) is 43.3 Å². The van der Waals surface area contributed by atoms with Crippen LogP contribution >= 0.6 is 11.6 Å². The van der Waals surface area contributed by atoms with Crippen LogP contribution in [0.15, 0.2) is 48.5 Å². The number of ether oxygens (including phenoxy) is 1. The van der Waals surface area contributed by atoms with Gasteiger partial charge in [0.1, 0.15) is 5.75 Å². The third-order valence-corrected chi connectivity index (χ3v) is 4.33. The van der Waals surface area contributed by atoms with Crippen molar-refractivity contribution < 1.29 is 14.3 Å². The molecule has 0 aromatic heterocycles. The molecule has 1 unspecified atom stereocenters. The molecule has 1 heterocycles. The van der Waals surface area contributed by atoms with Gasteiger partial charge in [0.2, 0.25) is 11.8 Å². The van der Waals surface area contributed by atoms with E-state index in [2.05, 4.69) is 5.32 Å². The van der Waals surface area contributed by atoms with Crippen LogP contribution in [0.3, 0.4) is 0 Å². The number of rotatable bonds is 5. The minimum Gasteiger partial charge on any atom is -0.492 e. The topological polar surface area (TPSA) is 58.6 Å². The lowest BCUT2D eigenvalue weighted by Gasteiger charge is -2.17. The molecule has 5 nitrogen and oxygen atoms in total. The fraction of sp³-hybridized carbons (Fsp3) is 0.263. The number of anilines is 2. The molecule has 130 valence electrons. The highest BCUT2D eigenvalue weighted by Crippen LogP contribution is 2.29. The van der Waals surface area contributed by atoms with Gasteiger partial charge in [0.05, 0.1) is 18.2 Å². The fourth-order valence-corrected chi connectivity index (χ4v) is 2.97. The number of nitrogens with zero attached hydrogens (tertiary/aromatic N) is 1. The fourth-order valence-electron chi connectivity index (χ4n) is 2.84. The highest BCUT2D eigenvalue weighted by atomic mass is 35.5. The smallest absolute Gasteiger partial charge is 0.229 e. The molecule has 1 atom stereocenters. The van der Waals surface area contributed by atoms with Crippen molar-refractivity contribution in [1.82, 2.24) is 0 Å². The molecule has 1 aliphatic rings. The van der Waals surface area contributed by atoms with Crippen molar-refractivity contribution in [3.05, 3.63) is 53.6 Å². The molecule has 3 rings (SSSR count). The van der Waals surface area contributed by atoms with Crippen LogP contribution in [0.25, 0.3) is 0 Å². The zero-order valence-electron chi connectivity index (χ0n) is 13.9. The van der Waals surface area contributed by atoms with Gasteiger partial charge in [-0.25, -0.2) is 0 Å². The van der Waals surface area contributed by atoms with Crippen LogP contribution < -0.4 is 15.0 Å². The molecule has 1 saturated heterocycles. The molecule has 1 N–H and O–H groups in total. The van der Waals surface area contributed by atoms with E-state index < -0.39 is 5.92 Å². The Hall–Kier alpha value is -2.53. The highest BCUT2D eigenvalue weighted by Gasteiger charge is 2.35. The standard InChI is InChI=1S/C19H19ClN2O3/c1-2-25-17-6-4-3-5-16(17)21-19(24)13-11-18(23)22(12-13)15-9-7-14(20)8-10-15/h3-10,13H,2,11-12H2,1H3,(H,21,24). The van der Waals surface area contributed by atoms with Gasteiger partial charge in [-0.3, -0.25) is 9.59 Å². The molecule has 2 aromatic carbocycles. The predicted molar refractivity (Wildman–Crippen MR) is 98.2 cm³/mol. The van der Waals surface area contributed by atoms with Crippen LogP contribution in [0.2, 0.25) is 5.02 Å². The van der Waals surface area contributed by atoms with E-state index in [-0.39, 0.29) is 18.2 Å². The lowest BCUT2D eigenvalue weighted by Crippen LogP contribution is -2.28. The number of para-hydroxylation sites is 2. The van der Waals surface area contributed by atoms with E-state index in [1.165, 1.54) is 0 Å². The summed E-state index contributed by atoms with van der Waals surface area (Å²) in [5.74, 6) is -0.0346. The zero-order valence-corrected chi connectivity index (χ0v) is 14.6. The third kappa shape index (κ3) is 3.94. The Morgan fingerprint density at radius 3 is 2.68 bits per heavy atom. The van der Waals surface area contributed by atoms with E-state index in [1.54, 1.807) is 41.3 Å². The molecule has 6 heteroatoms. The summed E-state index contributed by atoms with van der Waals surface area (Å²) in [4.78, 5) is 26.5. The summed E-state index contributed by atoms with van der Waals surface area (Å²) in [5.41, 5.74) is 1.37. The summed E-state index contributed by atoms with van der Waals surface area (Å²) >= 11 is 5.89. The third-order valence-electron chi connectivity index (χ3n) is 4.08. The average Bonchev–Trinajstić information content (AvgIpc) is 2.99. The van der Waals surface area contributed by atoms with Crippen molar-refractivity contribution in [2.45, 2.75) is 13.3 Å². The van der Waals surface area contributed by atoms with E-state index in [1.807, 2.05) is 19.1 Å². The minimum atomic E-state index is -0.405. The van der Waals surface area contributed by atoms with Crippen LogP contribution in [-0.2, 0) is 9.59 Å². The monoisotopic (exact) mass is 358 g/mol. The SMILES string of the molecule is CCOc1ccccc1NC(=O)C1CC(=O)N(c2ccc(Cl)cc2)C1. The van der Waals surface area contributed by atoms with Gasteiger partial charge >= 0.3 is 0 Å². The van der Waals surface area contributed by atoms with Crippen molar-refractivity contribution in [3.8, 4) is 5.75 Å². The summed E-state index contributed by atoms with van der Waals surface area (Å²) < 4.78 is 5.52. The molecule has 0 spiro atoms. The molecular formula is C19H19ClN2O3. The van der Waals surface area contributed by atoms with Gasteiger partial charge in [0, 0.05) is 23.7 Å². The second kappa shape index (κ2) is 7.57. The molecule has 0 bridgehead atoms. The quantitative estimate of drug-likeness (QED) is 0.886. The van der Waals surface area contributed by atoms with Crippen molar-refractivity contribution in [2.24, 2.45) is 5.92 Å². The van der Waals surface area contributed by atoms with E-state index >= 15 is 0 Å².